The molecule has 0 aromatic carbocycles. The van der Waals surface area contributed by atoms with E-state index in [2.05, 4.69) is 24.8 Å². The van der Waals surface area contributed by atoms with Crippen LogP contribution < -0.4 is 4.90 Å². The first kappa shape index (κ1) is 16.6. The number of pyridine rings is 1. The van der Waals surface area contributed by atoms with E-state index < -0.39 is 5.60 Å². The molecule has 1 fully saturated rings. The summed E-state index contributed by atoms with van der Waals surface area (Å²) < 4.78 is 11.3. The smallest absolute Gasteiger partial charge is 0.410 e. The van der Waals surface area contributed by atoms with Crippen molar-refractivity contribution >= 4 is 11.9 Å². The van der Waals surface area contributed by atoms with Gasteiger partial charge in [-0.15, -0.1) is 0 Å². The predicted molar refractivity (Wildman–Crippen MR) is 94.7 cm³/mol. The van der Waals surface area contributed by atoms with Crippen molar-refractivity contribution in [3.63, 3.8) is 0 Å². The lowest BCUT2D eigenvalue weighted by atomic mass is 10.1. The summed E-state index contributed by atoms with van der Waals surface area (Å²) in [4.78, 5) is 21.7. The molecule has 4 heterocycles. The minimum absolute atomic E-state index is 0.0673. The summed E-state index contributed by atoms with van der Waals surface area (Å²) in [7, 11) is 0. The van der Waals surface area contributed by atoms with Gasteiger partial charge in [-0.3, -0.25) is 0 Å². The Hall–Kier alpha value is -1.82. The van der Waals surface area contributed by atoms with Crippen LogP contribution in [0.4, 0.5) is 10.6 Å². The number of aromatic nitrogens is 1. The maximum Gasteiger partial charge on any atom is 0.410 e. The fourth-order valence-electron chi connectivity index (χ4n) is 4.20. The van der Waals surface area contributed by atoms with Crippen molar-refractivity contribution in [1.29, 1.82) is 0 Å². The number of ether oxygens (including phenoxy) is 2. The maximum atomic E-state index is 12.5. The Kier molecular flexibility index (Phi) is 3.72. The van der Waals surface area contributed by atoms with Crippen LogP contribution >= 0.6 is 0 Å². The quantitative estimate of drug-likeness (QED) is 0.723. The minimum Gasteiger partial charge on any atom is -0.444 e. The van der Waals surface area contributed by atoms with Crippen LogP contribution in [0.5, 0.6) is 0 Å². The van der Waals surface area contributed by atoms with Crippen molar-refractivity contribution in [3.8, 4) is 0 Å². The van der Waals surface area contributed by atoms with Crippen LogP contribution in [0.2, 0.25) is 0 Å². The van der Waals surface area contributed by atoms with E-state index in [-0.39, 0.29) is 24.3 Å². The third-order valence-corrected chi connectivity index (χ3v) is 5.20. The Balaban J connectivity index is 1.57. The summed E-state index contributed by atoms with van der Waals surface area (Å²) in [6, 6.07) is 2.75. The topological polar surface area (TPSA) is 54.9 Å². The highest BCUT2D eigenvalue weighted by molar-refractivity contribution is 5.69. The van der Waals surface area contributed by atoms with Gasteiger partial charge < -0.3 is 19.3 Å². The van der Waals surface area contributed by atoms with Crippen LogP contribution in [0.3, 0.4) is 0 Å². The van der Waals surface area contributed by atoms with Gasteiger partial charge in [-0.05, 0) is 52.7 Å². The van der Waals surface area contributed by atoms with E-state index >= 15 is 0 Å². The predicted octanol–water partition coefficient (Wildman–Crippen LogP) is 3.04. The average molecular weight is 345 g/mol. The molecule has 0 saturated carbocycles. The third kappa shape index (κ3) is 2.86. The molecule has 3 aliphatic rings. The van der Waals surface area contributed by atoms with Crippen LogP contribution in [0, 0.1) is 0 Å². The van der Waals surface area contributed by atoms with E-state index in [1.54, 1.807) is 0 Å². The van der Waals surface area contributed by atoms with Gasteiger partial charge in [0.25, 0.3) is 0 Å². The van der Waals surface area contributed by atoms with Gasteiger partial charge in [-0.1, -0.05) is 0 Å². The zero-order valence-electron chi connectivity index (χ0n) is 15.7. The van der Waals surface area contributed by atoms with Gasteiger partial charge in [0.2, 0.25) is 0 Å². The number of carbonyl (C=O) groups excluding carboxylic acids is 1. The Morgan fingerprint density at radius 2 is 2.04 bits per heavy atom. The largest absolute Gasteiger partial charge is 0.444 e. The molecule has 0 spiro atoms. The Labute approximate surface area is 149 Å². The molecule has 3 aliphatic heterocycles. The molecule has 0 radical (unpaired) electrons. The summed E-state index contributed by atoms with van der Waals surface area (Å²) in [6.07, 6.45) is 0.776. The molecule has 136 valence electrons. The van der Waals surface area contributed by atoms with Gasteiger partial charge in [0.05, 0.1) is 24.4 Å². The van der Waals surface area contributed by atoms with E-state index in [1.165, 1.54) is 11.1 Å². The molecule has 6 heteroatoms. The molecule has 25 heavy (non-hydrogen) atoms. The molecule has 4 rings (SSSR count). The van der Waals surface area contributed by atoms with E-state index in [0.717, 1.165) is 17.9 Å². The molecule has 1 saturated heterocycles. The second kappa shape index (κ2) is 5.59. The van der Waals surface area contributed by atoms with Crippen LogP contribution in [0.1, 0.15) is 57.5 Å². The Morgan fingerprint density at radius 1 is 1.28 bits per heavy atom. The fourth-order valence-corrected chi connectivity index (χ4v) is 4.20. The molecule has 0 unspecified atom stereocenters. The lowest BCUT2D eigenvalue weighted by Crippen LogP contribution is -2.58. The standard InChI is InChI=1S/C19H27N3O3/c1-11-8-21(18(23)25-19(3,4)5)9-15-7-13-6-14-10-24-12(2)16(14)20-17(13)22(11)15/h6,11-12,15H,7-10H2,1-5H3/t11-,12+,15-/m1/s1. The first-order valence-corrected chi connectivity index (χ1v) is 9.13. The van der Waals surface area contributed by atoms with Crippen LogP contribution in [-0.4, -0.2) is 46.8 Å². The summed E-state index contributed by atoms with van der Waals surface area (Å²) in [5.41, 5.74) is 3.09. The number of fused-ring (bicyclic) bond motifs is 4. The highest BCUT2D eigenvalue weighted by Crippen LogP contribution is 2.40. The van der Waals surface area contributed by atoms with Crippen LogP contribution in [-0.2, 0) is 22.5 Å². The van der Waals surface area contributed by atoms with Crippen molar-refractivity contribution in [2.75, 3.05) is 18.0 Å². The molecule has 6 nitrogen and oxygen atoms in total. The molecule has 1 aromatic heterocycles. The van der Waals surface area contributed by atoms with Gasteiger partial charge in [-0.2, -0.15) is 0 Å². The second-order valence-corrected chi connectivity index (χ2v) is 8.47. The van der Waals surface area contributed by atoms with Crippen molar-refractivity contribution in [3.05, 3.63) is 22.9 Å². The molecular weight excluding hydrogens is 318 g/mol. The Bertz CT molecular complexity index is 713. The summed E-state index contributed by atoms with van der Waals surface area (Å²) in [6.45, 7) is 11.9. The van der Waals surface area contributed by atoms with Crippen molar-refractivity contribution < 1.29 is 14.3 Å². The first-order chi connectivity index (χ1) is 11.7. The van der Waals surface area contributed by atoms with Gasteiger partial charge in [0.15, 0.2) is 0 Å². The van der Waals surface area contributed by atoms with E-state index in [0.29, 0.717) is 19.7 Å². The van der Waals surface area contributed by atoms with Crippen LogP contribution in [0.25, 0.3) is 0 Å². The summed E-state index contributed by atoms with van der Waals surface area (Å²) >= 11 is 0. The molecule has 0 aliphatic carbocycles. The number of nitrogens with zero attached hydrogens (tertiary/aromatic N) is 3. The SMILES string of the molecule is C[C@@H]1OCc2cc3c(nc21)N1[C@H](C3)CN(C(=O)OC(C)(C)C)C[C@H]1C. The number of rotatable bonds is 0. The van der Waals surface area contributed by atoms with Crippen molar-refractivity contribution in [2.45, 2.75) is 71.4 Å². The fraction of sp³-hybridized carbons (Fsp3) is 0.684. The summed E-state index contributed by atoms with van der Waals surface area (Å²) in [5, 5.41) is 0. The molecule has 0 bridgehead atoms. The normalized spacial score (nSPS) is 27.8. The van der Waals surface area contributed by atoms with Crippen molar-refractivity contribution in [2.24, 2.45) is 0 Å². The highest BCUT2D eigenvalue weighted by Gasteiger charge is 2.42. The van der Waals surface area contributed by atoms with E-state index in [1.807, 2.05) is 25.7 Å². The number of carbonyl (C=O) groups is 1. The minimum atomic E-state index is -0.464. The van der Waals surface area contributed by atoms with Gasteiger partial charge >= 0.3 is 6.09 Å². The van der Waals surface area contributed by atoms with Gasteiger partial charge in [0.1, 0.15) is 11.4 Å². The molecule has 1 aromatic rings. The summed E-state index contributed by atoms with van der Waals surface area (Å²) in [5.74, 6) is 1.08. The monoisotopic (exact) mass is 345 g/mol. The second-order valence-electron chi connectivity index (χ2n) is 8.47. The number of piperazine rings is 1. The van der Waals surface area contributed by atoms with E-state index in [4.69, 9.17) is 14.5 Å². The average Bonchev–Trinajstić information content (AvgIpc) is 3.04. The first-order valence-electron chi connectivity index (χ1n) is 9.13. The van der Waals surface area contributed by atoms with Crippen molar-refractivity contribution in [1.82, 2.24) is 9.88 Å². The lowest BCUT2D eigenvalue weighted by molar-refractivity contribution is 0.0191. The molecule has 3 atom stereocenters. The Morgan fingerprint density at radius 3 is 2.76 bits per heavy atom. The zero-order chi connectivity index (χ0) is 17.9. The van der Waals surface area contributed by atoms with Gasteiger partial charge in [0, 0.05) is 24.7 Å². The zero-order valence-corrected chi connectivity index (χ0v) is 15.7. The molecule has 1 amide bonds. The van der Waals surface area contributed by atoms with E-state index in [9.17, 15) is 4.79 Å². The van der Waals surface area contributed by atoms with Crippen LogP contribution in [0.15, 0.2) is 6.07 Å². The molecule has 0 N–H and O–H groups in total. The highest BCUT2D eigenvalue weighted by atomic mass is 16.6. The lowest BCUT2D eigenvalue weighted by Gasteiger charge is -2.43. The maximum absolute atomic E-state index is 12.5. The number of hydrogen-bond acceptors (Lipinski definition) is 5. The number of amides is 1. The number of hydrogen-bond donors (Lipinski definition) is 0. The molecular formula is C19H27N3O3. The number of anilines is 1. The third-order valence-electron chi connectivity index (χ3n) is 5.20. The van der Waals surface area contributed by atoms with Gasteiger partial charge in [-0.25, -0.2) is 9.78 Å².